The first-order chi connectivity index (χ1) is 8.72. The van der Waals surface area contributed by atoms with Crippen LogP contribution >= 0.6 is 24.2 Å². The Morgan fingerprint density at radius 1 is 1.42 bits per heavy atom. The van der Waals surface area contributed by atoms with Gasteiger partial charge < -0.3 is 10.6 Å². The lowest BCUT2D eigenvalue weighted by Crippen LogP contribution is -2.48. The van der Waals surface area contributed by atoms with Crippen molar-refractivity contribution >= 4 is 30.1 Å². The molecule has 2 unspecified atom stereocenters. The number of hydrogen-bond acceptors (Lipinski definition) is 3. The Hall–Kier alpha value is -0.710. The second kappa shape index (κ2) is 7.78. The smallest absolute Gasteiger partial charge is 0.252 e. The molecule has 5 heteroatoms. The summed E-state index contributed by atoms with van der Waals surface area (Å²) >= 11 is 1.61. The molecule has 1 saturated heterocycles. The highest BCUT2D eigenvalue weighted by Crippen LogP contribution is 2.20. The molecule has 1 fully saturated rings. The number of carbonyl (C=O) groups is 1. The van der Waals surface area contributed by atoms with Gasteiger partial charge in [0.05, 0.1) is 5.56 Å². The number of thioether (sulfide) groups is 1. The summed E-state index contributed by atoms with van der Waals surface area (Å²) in [7, 11) is 0. The molecule has 1 aliphatic heterocycles. The van der Waals surface area contributed by atoms with Crippen molar-refractivity contribution in [2.24, 2.45) is 5.92 Å². The van der Waals surface area contributed by atoms with Crippen molar-refractivity contribution in [2.75, 3.05) is 19.3 Å². The van der Waals surface area contributed by atoms with Crippen LogP contribution in [0.25, 0.3) is 0 Å². The number of benzene rings is 1. The Morgan fingerprint density at radius 2 is 2.16 bits per heavy atom. The zero-order valence-electron chi connectivity index (χ0n) is 11.3. The maximum Gasteiger partial charge on any atom is 0.252 e. The molecule has 3 nitrogen and oxygen atoms in total. The molecule has 1 amide bonds. The second-order valence-electron chi connectivity index (χ2n) is 4.75. The number of piperidine rings is 1. The quantitative estimate of drug-likeness (QED) is 0.843. The van der Waals surface area contributed by atoms with Crippen LogP contribution < -0.4 is 10.6 Å². The summed E-state index contributed by atoms with van der Waals surface area (Å²) in [4.78, 5) is 13.3. The van der Waals surface area contributed by atoms with Crippen molar-refractivity contribution < 1.29 is 4.79 Å². The third-order valence-corrected chi connectivity index (χ3v) is 4.25. The lowest BCUT2D eigenvalue weighted by molar-refractivity contribution is 0.0911. The van der Waals surface area contributed by atoms with Crippen LogP contribution in [0.3, 0.4) is 0 Å². The standard InChI is InChI=1S/C14H20N2OS.ClH/c1-10-9-15-8-7-12(10)16-14(17)11-5-3-4-6-13(11)18-2;/h3-6,10,12,15H,7-9H2,1-2H3,(H,16,17);1H. The van der Waals surface area contributed by atoms with Gasteiger partial charge in [-0.25, -0.2) is 0 Å². The molecule has 0 radical (unpaired) electrons. The van der Waals surface area contributed by atoms with Crippen LogP contribution in [0.15, 0.2) is 29.2 Å². The van der Waals surface area contributed by atoms with Gasteiger partial charge in [0.2, 0.25) is 0 Å². The fourth-order valence-electron chi connectivity index (χ4n) is 2.31. The second-order valence-corrected chi connectivity index (χ2v) is 5.60. The minimum atomic E-state index is 0. The summed E-state index contributed by atoms with van der Waals surface area (Å²) in [5.74, 6) is 0.544. The van der Waals surface area contributed by atoms with Crippen molar-refractivity contribution in [1.82, 2.24) is 10.6 Å². The summed E-state index contributed by atoms with van der Waals surface area (Å²) in [6.45, 7) is 4.15. The fourth-order valence-corrected chi connectivity index (χ4v) is 2.90. The molecule has 0 bridgehead atoms. The first-order valence-corrected chi connectivity index (χ1v) is 7.59. The Bertz CT molecular complexity index is 428. The number of amides is 1. The Balaban J connectivity index is 0.00000180. The predicted molar refractivity (Wildman–Crippen MR) is 83.4 cm³/mol. The summed E-state index contributed by atoms with van der Waals surface area (Å²) in [5.41, 5.74) is 0.788. The molecule has 1 aliphatic rings. The molecule has 1 heterocycles. The van der Waals surface area contributed by atoms with Gasteiger partial charge in [-0.1, -0.05) is 19.1 Å². The van der Waals surface area contributed by atoms with E-state index < -0.39 is 0 Å². The average Bonchev–Trinajstić information content (AvgIpc) is 2.41. The molecule has 1 aromatic carbocycles. The zero-order valence-corrected chi connectivity index (χ0v) is 12.9. The van der Waals surface area contributed by atoms with E-state index in [1.807, 2.05) is 30.5 Å². The number of hydrogen-bond donors (Lipinski definition) is 2. The Kier molecular flexibility index (Phi) is 6.69. The normalized spacial score (nSPS) is 22.4. The van der Waals surface area contributed by atoms with E-state index in [1.54, 1.807) is 11.8 Å². The van der Waals surface area contributed by atoms with E-state index in [0.717, 1.165) is 30.0 Å². The molecule has 106 valence electrons. The van der Waals surface area contributed by atoms with Crippen molar-refractivity contribution in [1.29, 1.82) is 0 Å². The van der Waals surface area contributed by atoms with E-state index in [9.17, 15) is 4.79 Å². The molecule has 0 aliphatic carbocycles. The van der Waals surface area contributed by atoms with Crippen LogP contribution in [0, 0.1) is 5.92 Å². The SMILES string of the molecule is CSc1ccccc1C(=O)NC1CCNCC1C.Cl. The van der Waals surface area contributed by atoms with Gasteiger partial charge in [0.1, 0.15) is 0 Å². The fraction of sp³-hybridized carbons (Fsp3) is 0.500. The molecule has 2 atom stereocenters. The van der Waals surface area contributed by atoms with Crippen LogP contribution in [-0.2, 0) is 0 Å². The predicted octanol–water partition coefficient (Wildman–Crippen LogP) is 2.56. The Labute approximate surface area is 125 Å². The van der Waals surface area contributed by atoms with E-state index in [1.165, 1.54) is 0 Å². The summed E-state index contributed by atoms with van der Waals surface area (Å²) < 4.78 is 0. The first kappa shape index (κ1) is 16.3. The highest BCUT2D eigenvalue weighted by molar-refractivity contribution is 7.98. The van der Waals surface area contributed by atoms with Crippen LogP contribution in [0.4, 0.5) is 0 Å². The minimum absolute atomic E-state index is 0. The van der Waals surface area contributed by atoms with E-state index in [0.29, 0.717) is 5.92 Å². The van der Waals surface area contributed by atoms with Gasteiger partial charge in [0.25, 0.3) is 5.91 Å². The summed E-state index contributed by atoms with van der Waals surface area (Å²) in [5, 5.41) is 6.51. The van der Waals surface area contributed by atoms with Crippen LogP contribution in [-0.4, -0.2) is 31.3 Å². The van der Waals surface area contributed by atoms with Gasteiger partial charge in [0, 0.05) is 10.9 Å². The van der Waals surface area contributed by atoms with E-state index in [2.05, 4.69) is 17.6 Å². The largest absolute Gasteiger partial charge is 0.349 e. The van der Waals surface area contributed by atoms with Crippen molar-refractivity contribution in [3.8, 4) is 0 Å². The van der Waals surface area contributed by atoms with Gasteiger partial charge >= 0.3 is 0 Å². The molecule has 19 heavy (non-hydrogen) atoms. The van der Waals surface area contributed by atoms with Crippen molar-refractivity contribution in [3.63, 3.8) is 0 Å². The van der Waals surface area contributed by atoms with Crippen LogP contribution in [0.5, 0.6) is 0 Å². The van der Waals surface area contributed by atoms with Gasteiger partial charge in [0.15, 0.2) is 0 Å². The molecule has 2 rings (SSSR count). The van der Waals surface area contributed by atoms with Crippen LogP contribution in [0.1, 0.15) is 23.7 Å². The van der Waals surface area contributed by atoms with Gasteiger partial charge in [-0.2, -0.15) is 0 Å². The molecular formula is C14H21ClN2OS. The molecule has 1 aromatic rings. The maximum absolute atomic E-state index is 12.3. The third-order valence-electron chi connectivity index (χ3n) is 3.45. The topological polar surface area (TPSA) is 41.1 Å². The Morgan fingerprint density at radius 3 is 2.84 bits per heavy atom. The molecule has 0 saturated carbocycles. The van der Waals surface area contributed by atoms with E-state index in [-0.39, 0.29) is 24.4 Å². The van der Waals surface area contributed by atoms with Crippen LogP contribution in [0.2, 0.25) is 0 Å². The molecular weight excluding hydrogens is 280 g/mol. The summed E-state index contributed by atoms with van der Waals surface area (Å²) in [6.07, 6.45) is 3.01. The van der Waals surface area contributed by atoms with E-state index >= 15 is 0 Å². The monoisotopic (exact) mass is 300 g/mol. The number of carbonyl (C=O) groups excluding carboxylic acids is 1. The number of halogens is 1. The average molecular weight is 301 g/mol. The molecule has 0 spiro atoms. The zero-order chi connectivity index (χ0) is 13.0. The molecule has 0 aromatic heterocycles. The number of nitrogens with one attached hydrogen (secondary N) is 2. The van der Waals surface area contributed by atoms with Gasteiger partial charge in [-0.15, -0.1) is 24.2 Å². The van der Waals surface area contributed by atoms with E-state index in [4.69, 9.17) is 0 Å². The first-order valence-electron chi connectivity index (χ1n) is 6.37. The van der Waals surface area contributed by atoms with Gasteiger partial charge in [-0.05, 0) is 43.8 Å². The number of rotatable bonds is 3. The highest BCUT2D eigenvalue weighted by atomic mass is 35.5. The lowest BCUT2D eigenvalue weighted by Gasteiger charge is -2.30. The maximum atomic E-state index is 12.3. The lowest BCUT2D eigenvalue weighted by atomic mass is 9.95. The highest BCUT2D eigenvalue weighted by Gasteiger charge is 2.23. The van der Waals surface area contributed by atoms with Gasteiger partial charge in [-0.3, -0.25) is 4.79 Å². The third kappa shape index (κ3) is 4.13. The minimum Gasteiger partial charge on any atom is -0.349 e. The van der Waals surface area contributed by atoms with Crippen molar-refractivity contribution in [3.05, 3.63) is 29.8 Å². The van der Waals surface area contributed by atoms with Crippen molar-refractivity contribution in [2.45, 2.75) is 24.3 Å². The summed E-state index contributed by atoms with van der Waals surface area (Å²) in [6, 6.07) is 8.06. The molecule has 2 N–H and O–H groups in total.